The van der Waals surface area contributed by atoms with E-state index in [2.05, 4.69) is 65.4 Å². The number of aromatic nitrogens is 2. The minimum atomic E-state index is 0.850. The summed E-state index contributed by atoms with van der Waals surface area (Å²) in [5, 5.41) is 0. The predicted molar refractivity (Wildman–Crippen MR) is 90.0 cm³/mol. The van der Waals surface area contributed by atoms with Gasteiger partial charge in [-0.3, -0.25) is 0 Å². The molecule has 2 heteroatoms. The molecule has 0 saturated carbocycles. The van der Waals surface area contributed by atoms with E-state index in [1.165, 1.54) is 16.7 Å². The lowest BCUT2D eigenvalue weighted by Gasteiger charge is -2.12. The molecule has 0 radical (unpaired) electrons. The molecule has 0 amide bonds. The first kappa shape index (κ1) is 14.5. The lowest BCUT2D eigenvalue weighted by Crippen LogP contribution is -2.06. The molecule has 0 aliphatic heterocycles. The Morgan fingerprint density at radius 2 is 1.05 bits per heavy atom. The molecule has 3 rings (SSSR count). The van der Waals surface area contributed by atoms with Gasteiger partial charge in [0.15, 0.2) is 0 Å². The van der Waals surface area contributed by atoms with Crippen LogP contribution in [0, 0.1) is 13.8 Å². The van der Waals surface area contributed by atoms with Gasteiger partial charge >= 0.3 is 0 Å². The largest absolute Gasteiger partial charge is 0.238 e. The van der Waals surface area contributed by atoms with E-state index in [4.69, 9.17) is 0 Å². The quantitative estimate of drug-likeness (QED) is 0.716. The Morgan fingerprint density at radius 1 is 0.636 bits per heavy atom. The maximum Gasteiger partial charge on any atom is 0.125 e. The first-order valence-corrected chi connectivity index (χ1v) is 7.63. The molecule has 0 atom stereocenters. The SMILES string of the molecule is Cc1nc(Cc2ccccc2)c(C)c(Cc2ccccc2)n1. The second-order valence-electron chi connectivity index (χ2n) is 5.61. The smallest absolute Gasteiger partial charge is 0.125 e. The van der Waals surface area contributed by atoms with E-state index < -0.39 is 0 Å². The molecule has 1 heterocycles. The number of hydrogen-bond acceptors (Lipinski definition) is 2. The van der Waals surface area contributed by atoms with Crippen LogP contribution in [-0.2, 0) is 12.8 Å². The van der Waals surface area contributed by atoms with Gasteiger partial charge in [0.2, 0.25) is 0 Å². The van der Waals surface area contributed by atoms with Crippen molar-refractivity contribution in [2.24, 2.45) is 0 Å². The number of hydrogen-bond donors (Lipinski definition) is 0. The predicted octanol–water partition coefficient (Wildman–Crippen LogP) is 4.28. The molecule has 0 fully saturated rings. The molecule has 2 nitrogen and oxygen atoms in total. The Bertz CT molecular complexity index is 687. The Hall–Kier alpha value is -2.48. The molecule has 0 aliphatic rings. The fourth-order valence-corrected chi connectivity index (χ4v) is 2.67. The van der Waals surface area contributed by atoms with Crippen molar-refractivity contribution in [3.05, 3.63) is 94.6 Å². The van der Waals surface area contributed by atoms with Gasteiger partial charge in [-0.25, -0.2) is 9.97 Å². The first-order valence-electron chi connectivity index (χ1n) is 7.63. The van der Waals surface area contributed by atoms with Gasteiger partial charge in [-0.05, 0) is 30.5 Å². The lowest BCUT2D eigenvalue weighted by atomic mass is 10.0. The lowest BCUT2D eigenvalue weighted by molar-refractivity contribution is 0.890. The van der Waals surface area contributed by atoms with Crippen molar-refractivity contribution in [1.82, 2.24) is 9.97 Å². The minimum absolute atomic E-state index is 0.850. The standard InChI is InChI=1S/C20H20N2/c1-15-19(13-17-9-5-3-6-10-17)21-16(2)22-20(15)14-18-11-7-4-8-12-18/h3-12H,13-14H2,1-2H3. The van der Waals surface area contributed by atoms with E-state index >= 15 is 0 Å². The number of benzene rings is 2. The topological polar surface area (TPSA) is 25.8 Å². The molecule has 0 aliphatic carbocycles. The highest BCUT2D eigenvalue weighted by atomic mass is 14.9. The highest BCUT2D eigenvalue weighted by molar-refractivity contribution is 5.33. The van der Waals surface area contributed by atoms with Gasteiger partial charge in [-0.2, -0.15) is 0 Å². The van der Waals surface area contributed by atoms with Gasteiger partial charge in [0.1, 0.15) is 5.82 Å². The zero-order valence-corrected chi connectivity index (χ0v) is 13.1. The summed E-state index contributed by atoms with van der Waals surface area (Å²) in [5.41, 5.74) is 6.04. The van der Waals surface area contributed by atoms with E-state index in [-0.39, 0.29) is 0 Å². The Morgan fingerprint density at radius 3 is 1.45 bits per heavy atom. The van der Waals surface area contributed by atoms with E-state index in [0.29, 0.717) is 0 Å². The zero-order valence-electron chi connectivity index (χ0n) is 13.1. The van der Waals surface area contributed by atoms with Crippen LogP contribution in [0.4, 0.5) is 0 Å². The molecule has 0 bridgehead atoms. The van der Waals surface area contributed by atoms with Crippen molar-refractivity contribution >= 4 is 0 Å². The molecule has 1 aromatic heterocycles. The average molecular weight is 288 g/mol. The number of nitrogens with zero attached hydrogens (tertiary/aromatic N) is 2. The summed E-state index contributed by atoms with van der Waals surface area (Å²) < 4.78 is 0. The highest BCUT2D eigenvalue weighted by Crippen LogP contribution is 2.17. The van der Waals surface area contributed by atoms with E-state index in [9.17, 15) is 0 Å². The van der Waals surface area contributed by atoms with Gasteiger partial charge in [0.25, 0.3) is 0 Å². The van der Waals surface area contributed by atoms with Crippen molar-refractivity contribution in [3.8, 4) is 0 Å². The van der Waals surface area contributed by atoms with Gasteiger partial charge in [0, 0.05) is 12.8 Å². The van der Waals surface area contributed by atoms with Crippen LogP contribution in [0.25, 0.3) is 0 Å². The van der Waals surface area contributed by atoms with E-state index in [1.54, 1.807) is 0 Å². The Kier molecular flexibility index (Phi) is 4.29. The van der Waals surface area contributed by atoms with Crippen molar-refractivity contribution in [1.29, 1.82) is 0 Å². The summed E-state index contributed by atoms with van der Waals surface area (Å²) in [6.07, 6.45) is 1.72. The van der Waals surface area contributed by atoms with Crippen LogP contribution in [0.1, 0.15) is 33.9 Å². The third-order valence-electron chi connectivity index (χ3n) is 3.89. The van der Waals surface area contributed by atoms with Crippen LogP contribution >= 0.6 is 0 Å². The Balaban J connectivity index is 1.92. The molecular formula is C20H20N2. The van der Waals surface area contributed by atoms with Crippen LogP contribution in [-0.4, -0.2) is 9.97 Å². The molecule has 0 N–H and O–H groups in total. The van der Waals surface area contributed by atoms with Crippen LogP contribution in [0.3, 0.4) is 0 Å². The second kappa shape index (κ2) is 6.52. The molecule has 22 heavy (non-hydrogen) atoms. The third-order valence-corrected chi connectivity index (χ3v) is 3.89. The summed E-state index contributed by atoms with van der Waals surface area (Å²) in [6.45, 7) is 4.11. The fourth-order valence-electron chi connectivity index (χ4n) is 2.67. The molecular weight excluding hydrogens is 268 g/mol. The summed E-state index contributed by atoms with van der Waals surface area (Å²) in [6, 6.07) is 21.0. The number of rotatable bonds is 4. The van der Waals surface area contributed by atoms with Crippen LogP contribution in [0.15, 0.2) is 60.7 Å². The summed E-state index contributed by atoms with van der Waals surface area (Å²) in [5.74, 6) is 0.850. The molecule has 2 aromatic carbocycles. The fraction of sp³-hybridized carbons (Fsp3) is 0.200. The van der Waals surface area contributed by atoms with E-state index in [0.717, 1.165) is 30.1 Å². The molecule has 0 unspecified atom stereocenters. The minimum Gasteiger partial charge on any atom is -0.238 e. The van der Waals surface area contributed by atoms with Crippen LogP contribution < -0.4 is 0 Å². The first-order chi connectivity index (χ1) is 10.7. The number of aryl methyl sites for hydroxylation is 1. The Labute approximate surface area is 131 Å². The summed E-state index contributed by atoms with van der Waals surface area (Å²) >= 11 is 0. The molecule has 0 saturated heterocycles. The highest BCUT2D eigenvalue weighted by Gasteiger charge is 2.10. The van der Waals surface area contributed by atoms with Crippen molar-refractivity contribution < 1.29 is 0 Å². The third kappa shape index (κ3) is 3.40. The monoisotopic (exact) mass is 288 g/mol. The van der Waals surface area contributed by atoms with Crippen molar-refractivity contribution in [3.63, 3.8) is 0 Å². The van der Waals surface area contributed by atoms with E-state index in [1.807, 2.05) is 19.1 Å². The van der Waals surface area contributed by atoms with Crippen LogP contribution in [0.5, 0.6) is 0 Å². The maximum absolute atomic E-state index is 4.66. The maximum atomic E-state index is 4.66. The van der Waals surface area contributed by atoms with Crippen molar-refractivity contribution in [2.45, 2.75) is 26.7 Å². The van der Waals surface area contributed by atoms with Crippen molar-refractivity contribution in [2.75, 3.05) is 0 Å². The molecule has 110 valence electrons. The summed E-state index contributed by atoms with van der Waals surface area (Å²) in [4.78, 5) is 9.32. The zero-order chi connectivity index (χ0) is 15.4. The van der Waals surface area contributed by atoms with Crippen LogP contribution in [0.2, 0.25) is 0 Å². The second-order valence-corrected chi connectivity index (χ2v) is 5.61. The molecule has 0 spiro atoms. The van der Waals surface area contributed by atoms with Gasteiger partial charge < -0.3 is 0 Å². The normalized spacial score (nSPS) is 10.6. The van der Waals surface area contributed by atoms with Gasteiger partial charge in [-0.1, -0.05) is 60.7 Å². The van der Waals surface area contributed by atoms with Gasteiger partial charge in [-0.15, -0.1) is 0 Å². The average Bonchev–Trinajstić information content (AvgIpc) is 2.54. The summed E-state index contributed by atoms with van der Waals surface area (Å²) in [7, 11) is 0. The molecule has 3 aromatic rings. The van der Waals surface area contributed by atoms with Gasteiger partial charge in [0.05, 0.1) is 11.4 Å².